The molecule has 0 aliphatic rings. The molecule has 1 atom stereocenters. The first kappa shape index (κ1) is 15.3. The molecule has 1 aromatic carbocycles. The third kappa shape index (κ3) is 3.95. The molecule has 21 heavy (non-hydrogen) atoms. The highest BCUT2D eigenvalue weighted by Gasteiger charge is 2.15. The van der Waals surface area contributed by atoms with Crippen LogP contribution in [0.5, 0.6) is 11.6 Å². The molecule has 0 aliphatic carbocycles. The van der Waals surface area contributed by atoms with Gasteiger partial charge < -0.3 is 14.8 Å². The van der Waals surface area contributed by atoms with Crippen molar-refractivity contribution in [2.45, 2.75) is 19.4 Å². The minimum absolute atomic E-state index is 0.196. The first-order valence-corrected chi connectivity index (χ1v) is 7.13. The lowest BCUT2D eigenvalue weighted by Crippen LogP contribution is -2.23. The molecular weight excluding hydrogens is 264 g/mol. The van der Waals surface area contributed by atoms with Gasteiger partial charge in [-0.05, 0) is 24.6 Å². The van der Waals surface area contributed by atoms with Gasteiger partial charge in [0, 0.05) is 23.9 Å². The molecule has 1 N–H and O–H groups in total. The first-order chi connectivity index (χ1) is 10.3. The molecule has 0 bridgehead atoms. The second kappa shape index (κ2) is 7.64. The lowest BCUT2D eigenvalue weighted by atomic mass is 9.99. The van der Waals surface area contributed by atoms with E-state index in [0.717, 1.165) is 29.8 Å². The van der Waals surface area contributed by atoms with Crippen molar-refractivity contribution in [2.75, 3.05) is 20.8 Å². The fourth-order valence-corrected chi connectivity index (χ4v) is 2.38. The summed E-state index contributed by atoms with van der Waals surface area (Å²) in [5.74, 6) is 1.54. The zero-order valence-electron chi connectivity index (χ0n) is 12.8. The Morgan fingerprint density at radius 3 is 2.52 bits per heavy atom. The minimum atomic E-state index is 0.196. The van der Waals surface area contributed by atoms with E-state index in [1.54, 1.807) is 14.2 Å². The molecule has 0 radical (unpaired) electrons. The Morgan fingerprint density at radius 2 is 1.90 bits per heavy atom. The third-order valence-electron chi connectivity index (χ3n) is 3.41. The predicted octanol–water partition coefficient (Wildman–Crippen LogP) is 2.99. The van der Waals surface area contributed by atoms with Gasteiger partial charge in [-0.2, -0.15) is 0 Å². The maximum absolute atomic E-state index is 5.47. The smallest absolute Gasteiger partial charge is 0.212 e. The average molecular weight is 286 g/mol. The fourth-order valence-electron chi connectivity index (χ4n) is 2.38. The molecule has 1 aromatic heterocycles. The number of nitrogens with zero attached hydrogens (tertiary/aromatic N) is 1. The van der Waals surface area contributed by atoms with Gasteiger partial charge in [-0.1, -0.05) is 31.2 Å². The van der Waals surface area contributed by atoms with Crippen molar-refractivity contribution in [3.63, 3.8) is 0 Å². The number of ether oxygens (including phenoxy) is 2. The zero-order valence-corrected chi connectivity index (χ0v) is 12.8. The van der Waals surface area contributed by atoms with Gasteiger partial charge in [0.25, 0.3) is 0 Å². The number of benzene rings is 1. The second-order valence-electron chi connectivity index (χ2n) is 4.77. The molecule has 4 heteroatoms. The van der Waals surface area contributed by atoms with Gasteiger partial charge in [-0.25, -0.2) is 4.98 Å². The summed E-state index contributed by atoms with van der Waals surface area (Å²) < 4.78 is 10.6. The van der Waals surface area contributed by atoms with Crippen LogP contribution in [0.3, 0.4) is 0 Å². The van der Waals surface area contributed by atoms with Crippen LogP contribution in [-0.2, 0) is 6.42 Å². The molecule has 0 aliphatic heterocycles. The SMILES string of the molecule is CCNC(Cc1ccc(OC)nc1)c1ccccc1OC. The van der Waals surface area contributed by atoms with Crippen molar-refractivity contribution in [3.05, 3.63) is 53.7 Å². The number of nitrogens with one attached hydrogen (secondary N) is 1. The van der Waals surface area contributed by atoms with Crippen LogP contribution in [0.1, 0.15) is 24.1 Å². The van der Waals surface area contributed by atoms with Crippen molar-refractivity contribution in [1.29, 1.82) is 0 Å². The normalized spacial score (nSPS) is 12.0. The standard InChI is InChI=1S/C17H22N2O2/c1-4-18-15(14-7-5-6-8-16(14)20-2)11-13-9-10-17(21-3)19-12-13/h5-10,12,15,18H,4,11H2,1-3H3. The summed E-state index contributed by atoms with van der Waals surface area (Å²) in [6.45, 7) is 3.00. The number of likely N-dealkylation sites (N-methyl/N-ethyl adjacent to an activating group) is 1. The van der Waals surface area contributed by atoms with E-state index in [0.29, 0.717) is 5.88 Å². The summed E-state index contributed by atoms with van der Waals surface area (Å²) in [6, 6.07) is 12.2. The molecule has 0 spiro atoms. The number of hydrogen-bond donors (Lipinski definition) is 1. The van der Waals surface area contributed by atoms with Crippen LogP contribution in [-0.4, -0.2) is 25.7 Å². The fraction of sp³-hybridized carbons (Fsp3) is 0.353. The van der Waals surface area contributed by atoms with Gasteiger partial charge in [-0.3, -0.25) is 0 Å². The molecule has 0 fully saturated rings. The maximum atomic E-state index is 5.47. The van der Waals surface area contributed by atoms with E-state index >= 15 is 0 Å². The Hall–Kier alpha value is -2.07. The Kier molecular flexibility index (Phi) is 5.58. The van der Waals surface area contributed by atoms with E-state index in [4.69, 9.17) is 9.47 Å². The van der Waals surface area contributed by atoms with E-state index in [-0.39, 0.29) is 6.04 Å². The summed E-state index contributed by atoms with van der Waals surface area (Å²) >= 11 is 0. The van der Waals surface area contributed by atoms with Gasteiger partial charge in [-0.15, -0.1) is 0 Å². The molecule has 112 valence electrons. The van der Waals surface area contributed by atoms with Gasteiger partial charge in [0.05, 0.1) is 14.2 Å². The highest BCUT2D eigenvalue weighted by atomic mass is 16.5. The summed E-state index contributed by atoms with van der Waals surface area (Å²) in [4.78, 5) is 4.27. The second-order valence-corrected chi connectivity index (χ2v) is 4.77. The monoisotopic (exact) mass is 286 g/mol. The summed E-state index contributed by atoms with van der Waals surface area (Å²) in [5, 5.41) is 3.51. The quantitative estimate of drug-likeness (QED) is 0.849. The van der Waals surface area contributed by atoms with E-state index < -0.39 is 0 Å². The van der Waals surface area contributed by atoms with Gasteiger partial charge in [0.1, 0.15) is 5.75 Å². The Morgan fingerprint density at radius 1 is 1.10 bits per heavy atom. The van der Waals surface area contributed by atoms with Crippen LogP contribution in [0.25, 0.3) is 0 Å². The highest BCUT2D eigenvalue weighted by Crippen LogP contribution is 2.27. The van der Waals surface area contributed by atoms with E-state index in [1.807, 2.05) is 36.5 Å². The predicted molar refractivity (Wildman–Crippen MR) is 83.9 cm³/mol. The highest BCUT2D eigenvalue weighted by molar-refractivity contribution is 5.37. The molecule has 0 saturated heterocycles. The Labute approximate surface area is 126 Å². The van der Waals surface area contributed by atoms with E-state index in [1.165, 1.54) is 0 Å². The molecule has 1 heterocycles. The largest absolute Gasteiger partial charge is 0.496 e. The maximum Gasteiger partial charge on any atom is 0.212 e. The van der Waals surface area contributed by atoms with Crippen LogP contribution in [0, 0.1) is 0 Å². The van der Waals surface area contributed by atoms with Crippen LogP contribution in [0.4, 0.5) is 0 Å². The molecule has 2 aromatic rings. The van der Waals surface area contributed by atoms with Crippen LogP contribution in [0.2, 0.25) is 0 Å². The summed E-state index contributed by atoms with van der Waals surface area (Å²) in [7, 11) is 3.33. The topological polar surface area (TPSA) is 43.4 Å². The van der Waals surface area contributed by atoms with Gasteiger partial charge in [0.15, 0.2) is 0 Å². The van der Waals surface area contributed by atoms with Crippen molar-refractivity contribution in [2.24, 2.45) is 0 Å². The van der Waals surface area contributed by atoms with Crippen molar-refractivity contribution in [1.82, 2.24) is 10.3 Å². The Bertz CT molecular complexity index is 555. The number of pyridine rings is 1. The lowest BCUT2D eigenvalue weighted by Gasteiger charge is -2.20. The van der Waals surface area contributed by atoms with Crippen LogP contribution >= 0.6 is 0 Å². The third-order valence-corrected chi connectivity index (χ3v) is 3.41. The molecule has 0 amide bonds. The molecule has 4 nitrogen and oxygen atoms in total. The first-order valence-electron chi connectivity index (χ1n) is 7.13. The molecule has 1 unspecified atom stereocenters. The zero-order chi connectivity index (χ0) is 15.1. The number of para-hydroxylation sites is 1. The van der Waals surface area contributed by atoms with Crippen LogP contribution in [0.15, 0.2) is 42.6 Å². The number of rotatable bonds is 7. The van der Waals surface area contributed by atoms with Gasteiger partial charge >= 0.3 is 0 Å². The number of aromatic nitrogens is 1. The van der Waals surface area contributed by atoms with Crippen molar-refractivity contribution in [3.8, 4) is 11.6 Å². The Balaban J connectivity index is 2.21. The lowest BCUT2D eigenvalue weighted by molar-refractivity contribution is 0.395. The van der Waals surface area contributed by atoms with E-state index in [9.17, 15) is 0 Å². The van der Waals surface area contributed by atoms with E-state index in [2.05, 4.69) is 23.3 Å². The number of hydrogen-bond acceptors (Lipinski definition) is 4. The number of methoxy groups -OCH3 is 2. The molecule has 2 rings (SSSR count). The summed E-state index contributed by atoms with van der Waals surface area (Å²) in [6.07, 6.45) is 2.71. The molecular formula is C17H22N2O2. The van der Waals surface area contributed by atoms with Crippen molar-refractivity contribution >= 4 is 0 Å². The minimum Gasteiger partial charge on any atom is -0.496 e. The average Bonchev–Trinajstić information content (AvgIpc) is 2.55. The van der Waals surface area contributed by atoms with Gasteiger partial charge in [0.2, 0.25) is 5.88 Å². The van der Waals surface area contributed by atoms with Crippen LogP contribution < -0.4 is 14.8 Å². The van der Waals surface area contributed by atoms with Crippen molar-refractivity contribution < 1.29 is 9.47 Å². The molecule has 0 saturated carbocycles. The summed E-state index contributed by atoms with van der Waals surface area (Å²) in [5.41, 5.74) is 2.32.